The fourth-order valence-electron chi connectivity index (χ4n) is 4.86. The molecule has 0 spiro atoms. The van der Waals surface area contributed by atoms with Gasteiger partial charge >= 0.3 is 0 Å². The summed E-state index contributed by atoms with van der Waals surface area (Å²) in [5.41, 5.74) is 2.27. The number of nitrogens with one attached hydrogen (secondary N) is 1. The lowest BCUT2D eigenvalue weighted by molar-refractivity contribution is -0.870. The first-order chi connectivity index (χ1) is 17.6. The number of carbonyl (C=O) groups is 1. The zero-order chi connectivity index (χ0) is 26.6. The maximum absolute atomic E-state index is 13.7. The molecule has 3 aromatic rings. The van der Waals surface area contributed by atoms with Crippen LogP contribution in [0.2, 0.25) is 0 Å². The maximum Gasteiger partial charge on any atom is 0.226 e. The van der Waals surface area contributed by atoms with Crippen LogP contribution in [-0.4, -0.2) is 49.8 Å². The topological polar surface area (TPSA) is 58.6 Å². The number of hydrogen-bond donors (Lipinski definition) is 2. The third-order valence-corrected chi connectivity index (χ3v) is 6.90. The number of quaternary nitrogens is 1. The molecule has 4 unspecified atom stereocenters. The van der Waals surface area contributed by atoms with Crippen LogP contribution in [0, 0.1) is 17.6 Å². The minimum Gasteiger partial charge on any atom is -1.00 e. The molecule has 0 saturated carbocycles. The summed E-state index contributed by atoms with van der Waals surface area (Å²) in [7, 11) is 6.45. The van der Waals surface area contributed by atoms with Gasteiger partial charge in [-0.2, -0.15) is 0 Å². The van der Waals surface area contributed by atoms with E-state index in [1.54, 1.807) is 24.3 Å². The summed E-state index contributed by atoms with van der Waals surface area (Å²) < 4.78 is 33.8. The number of hydrogen-bond acceptors (Lipinski definition) is 3. The second-order valence-corrected chi connectivity index (χ2v) is 10.8. The van der Waals surface area contributed by atoms with Gasteiger partial charge in [0.05, 0.1) is 52.4 Å². The third-order valence-electron chi connectivity index (χ3n) is 6.90. The maximum atomic E-state index is 13.7. The summed E-state index contributed by atoms with van der Waals surface area (Å²) >= 11 is 0. The van der Waals surface area contributed by atoms with Gasteiger partial charge in [0, 0.05) is 12.3 Å². The number of benzene rings is 3. The SMILES string of the molecule is C[N+](C)(C)CCCOc1ccc(C2NC(=O)C2C(CC(O)c2ccc(F)cc2)c2ccc(F)cc2)cc1.[Br-]. The highest BCUT2D eigenvalue weighted by Crippen LogP contribution is 2.45. The summed E-state index contributed by atoms with van der Waals surface area (Å²) in [5, 5.41) is 13.9. The zero-order valence-electron chi connectivity index (χ0n) is 21.9. The van der Waals surface area contributed by atoms with Crippen LogP contribution in [0.15, 0.2) is 72.8 Å². The van der Waals surface area contributed by atoms with Crippen molar-refractivity contribution in [1.82, 2.24) is 5.32 Å². The number of amides is 1. The Hall–Kier alpha value is -2.81. The highest BCUT2D eigenvalue weighted by atomic mass is 79.9. The number of rotatable bonds is 11. The van der Waals surface area contributed by atoms with Crippen LogP contribution in [0.1, 0.15) is 47.6 Å². The highest BCUT2D eigenvalue weighted by molar-refractivity contribution is 5.87. The van der Waals surface area contributed by atoms with Gasteiger partial charge < -0.3 is 36.6 Å². The highest BCUT2D eigenvalue weighted by Gasteiger charge is 2.46. The predicted octanol–water partition coefficient (Wildman–Crippen LogP) is 2.14. The van der Waals surface area contributed by atoms with Gasteiger partial charge in [0.25, 0.3) is 0 Å². The van der Waals surface area contributed by atoms with Gasteiger partial charge in [0.15, 0.2) is 0 Å². The van der Waals surface area contributed by atoms with E-state index in [4.69, 9.17) is 4.74 Å². The van der Waals surface area contributed by atoms with Gasteiger partial charge in [-0.3, -0.25) is 4.79 Å². The molecule has 1 aliphatic rings. The summed E-state index contributed by atoms with van der Waals surface area (Å²) in [6.07, 6.45) is 0.272. The van der Waals surface area contributed by atoms with Crippen molar-refractivity contribution >= 4 is 5.91 Å². The summed E-state index contributed by atoms with van der Waals surface area (Å²) in [5.74, 6) is -0.915. The van der Waals surface area contributed by atoms with Gasteiger partial charge in [-0.15, -0.1) is 0 Å². The van der Waals surface area contributed by atoms with Crippen molar-refractivity contribution < 1.29 is 44.9 Å². The van der Waals surface area contributed by atoms with Gasteiger partial charge in [0.1, 0.15) is 17.4 Å². The monoisotopic (exact) mass is 588 g/mol. The van der Waals surface area contributed by atoms with E-state index in [1.807, 2.05) is 24.3 Å². The van der Waals surface area contributed by atoms with E-state index in [-0.39, 0.29) is 52.9 Å². The number of ether oxygens (including phenoxy) is 1. The van der Waals surface area contributed by atoms with Gasteiger partial charge in [-0.1, -0.05) is 36.4 Å². The molecule has 38 heavy (non-hydrogen) atoms. The third kappa shape index (κ3) is 7.62. The largest absolute Gasteiger partial charge is 1.00 e. The van der Waals surface area contributed by atoms with E-state index in [0.717, 1.165) is 34.3 Å². The first-order valence-electron chi connectivity index (χ1n) is 12.6. The van der Waals surface area contributed by atoms with Gasteiger partial charge in [-0.05, 0) is 59.5 Å². The van der Waals surface area contributed by atoms with Crippen LogP contribution in [0.25, 0.3) is 0 Å². The van der Waals surface area contributed by atoms with Crippen molar-refractivity contribution in [2.75, 3.05) is 34.3 Å². The van der Waals surface area contributed by atoms with Crippen molar-refractivity contribution in [1.29, 1.82) is 0 Å². The lowest BCUT2D eigenvalue weighted by Gasteiger charge is -2.42. The fourth-order valence-corrected chi connectivity index (χ4v) is 4.86. The predicted molar refractivity (Wildman–Crippen MR) is 139 cm³/mol. The molecule has 0 radical (unpaired) electrons. The fraction of sp³-hybridized carbons (Fsp3) is 0.367. The molecule has 1 saturated heterocycles. The van der Waals surface area contributed by atoms with Gasteiger partial charge in [0.2, 0.25) is 5.91 Å². The van der Waals surface area contributed by atoms with Crippen molar-refractivity contribution in [3.8, 4) is 5.75 Å². The minimum absolute atomic E-state index is 0. The molecule has 2 N–H and O–H groups in total. The molecule has 1 aliphatic heterocycles. The standard InChI is InChI=1S/C30H34F2N2O3.BrH/c1-34(2,3)17-4-18-37-25-15-9-22(10-16-25)29-28(30(36)33-29)26(20-5-11-23(31)12-6-20)19-27(35)21-7-13-24(32)14-8-21;/h5-16,26-29,35H,4,17-19H2,1-3H3;1H. The Bertz CT molecular complexity index is 1180. The second-order valence-electron chi connectivity index (χ2n) is 10.8. The second kappa shape index (κ2) is 12.8. The molecule has 1 fully saturated rings. The molecule has 8 heteroatoms. The molecule has 0 aromatic heterocycles. The molecule has 0 aliphatic carbocycles. The Kier molecular flexibility index (Phi) is 10.0. The number of aliphatic hydroxyl groups is 1. The molecule has 4 rings (SSSR count). The van der Waals surface area contributed by atoms with Crippen molar-refractivity contribution in [2.45, 2.75) is 30.9 Å². The summed E-state index contributed by atoms with van der Waals surface area (Å²) in [6.45, 7) is 1.65. The smallest absolute Gasteiger partial charge is 0.226 e. The van der Waals surface area contributed by atoms with Crippen LogP contribution < -0.4 is 27.0 Å². The average molecular weight is 590 g/mol. The molecule has 1 heterocycles. The number of halogens is 3. The summed E-state index contributed by atoms with van der Waals surface area (Å²) in [4.78, 5) is 12.8. The number of nitrogens with zero attached hydrogens (tertiary/aromatic N) is 1. The molecule has 4 atom stereocenters. The molecule has 204 valence electrons. The van der Waals surface area contributed by atoms with E-state index >= 15 is 0 Å². The minimum atomic E-state index is -0.910. The van der Waals surface area contributed by atoms with Crippen LogP contribution in [0.4, 0.5) is 8.78 Å². The number of carbonyl (C=O) groups excluding carboxylic acids is 1. The Morgan fingerprint density at radius 2 is 1.45 bits per heavy atom. The van der Waals surface area contributed by atoms with E-state index in [0.29, 0.717) is 12.2 Å². The van der Waals surface area contributed by atoms with Crippen LogP contribution in [0.5, 0.6) is 5.75 Å². The first-order valence-corrected chi connectivity index (χ1v) is 12.6. The Morgan fingerprint density at radius 3 is 1.97 bits per heavy atom. The van der Waals surface area contributed by atoms with Crippen molar-refractivity contribution in [3.05, 3.63) is 101 Å². The van der Waals surface area contributed by atoms with E-state index in [1.165, 1.54) is 24.3 Å². The molecule has 5 nitrogen and oxygen atoms in total. The molecule has 0 bridgehead atoms. The quantitative estimate of drug-likeness (QED) is 0.205. The zero-order valence-corrected chi connectivity index (χ0v) is 23.5. The lowest BCUT2D eigenvalue weighted by atomic mass is 9.71. The number of β-lactam (4-membered cyclic amide) rings is 1. The van der Waals surface area contributed by atoms with Crippen molar-refractivity contribution in [2.24, 2.45) is 5.92 Å². The van der Waals surface area contributed by atoms with E-state index in [2.05, 4.69) is 26.5 Å². The Morgan fingerprint density at radius 1 is 0.895 bits per heavy atom. The molecule has 1 amide bonds. The van der Waals surface area contributed by atoms with Crippen molar-refractivity contribution in [3.63, 3.8) is 0 Å². The average Bonchev–Trinajstić information content (AvgIpc) is 2.85. The molecule has 3 aromatic carbocycles. The van der Waals surface area contributed by atoms with E-state index < -0.39 is 12.0 Å². The normalized spacial score (nSPS) is 18.5. The van der Waals surface area contributed by atoms with Gasteiger partial charge in [-0.25, -0.2) is 8.78 Å². The van der Waals surface area contributed by atoms with Crippen LogP contribution >= 0.6 is 0 Å². The molecular formula is C30H35BrF2N2O3. The van der Waals surface area contributed by atoms with Crippen LogP contribution in [-0.2, 0) is 4.79 Å². The lowest BCUT2D eigenvalue weighted by Crippen LogP contribution is -3.00. The Balaban J connectivity index is 0.00000400. The first kappa shape index (κ1) is 29.7. The van der Waals surface area contributed by atoms with E-state index in [9.17, 15) is 18.7 Å². The Labute approximate surface area is 233 Å². The number of aliphatic hydroxyl groups excluding tert-OH is 1. The molecular weight excluding hydrogens is 554 g/mol. The van der Waals surface area contributed by atoms with Crippen LogP contribution in [0.3, 0.4) is 0 Å². The summed E-state index contributed by atoms with van der Waals surface area (Å²) in [6, 6.07) is 19.2.